The van der Waals surface area contributed by atoms with E-state index in [0.717, 1.165) is 0 Å². The van der Waals surface area contributed by atoms with Crippen LogP contribution in [-0.2, 0) is 19.1 Å². The Balaban J connectivity index is 2.47. The molecule has 1 N–H and O–H groups in total. The number of halogens is 2. The zero-order valence-corrected chi connectivity index (χ0v) is 10.9. The summed E-state index contributed by atoms with van der Waals surface area (Å²) in [5, 5.41) is 2.92. The molecular formula is C10H10Cl2N2O4. The first kappa shape index (κ1) is 14.7. The van der Waals surface area contributed by atoms with Gasteiger partial charge in [0, 0.05) is 13.3 Å². The van der Waals surface area contributed by atoms with Crippen LogP contribution < -0.4 is 5.32 Å². The van der Waals surface area contributed by atoms with Crippen molar-refractivity contribution in [2.75, 3.05) is 25.6 Å². The van der Waals surface area contributed by atoms with Crippen LogP contribution in [0.5, 0.6) is 0 Å². The lowest BCUT2D eigenvalue weighted by atomic mass is 10.4. The summed E-state index contributed by atoms with van der Waals surface area (Å²) in [5.41, 5.74) is 0. The highest BCUT2D eigenvalue weighted by atomic mass is 35.5. The second-order valence-electron chi connectivity index (χ2n) is 3.13. The van der Waals surface area contributed by atoms with Gasteiger partial charge in [-0.1, -0.05) is 23.2 Å². The smallest absolute Gasteiger partial charge is 0.332 e. The molecule has 0 unspecified atom stereocenters. The molecule has 0 aromatic carbocycles. The van der Waals surface area contributed by atoms with Gasteiger partial charge in [0.15, 0.2) is 12.4 Å². The van der Waals surface area contributed by atoms with Gasteiger partial charge in [0.25, 0.3) is 5.91 Å². The molecule has 0 saturated carbocycles. The van der Waals surface area contributed by atoms with Gasteiger partial charge in [-0.15, -0.1) is 0 Å². The average molecular weight is 293 g/mol. The van der Waals surface area contributed by atoms with Gasteiger partial charge >= 0.3 is 5.97 Å². The summed E-state index contributed by atoms with van der Waals surface area (Å²) in [4.78, 5) is 26.1. The standard InChI is InChI=1S/C10H10Cl2N2O4/c1-17-5-9(16)18-4-8(15)14-10-7(12)2-6(11)3-13-10/h2-3H,4-5H2,1H3,(H,13,14,15). The molecule has 0 atom stereocenters. The van der Waals surface area contributed by atoms with E-state index in [1.807, 2.05) is 0 Å². The maximum Gasteiger partial charge on any atom is 0.332 e. The SMILES string of the molecule is COCC(=O)OCC(=O)Nc1ncc(Cl)cc1Cl. The number of hydrogen-bond acceptors (Lipinski definition) is 5. The van der Waals surface area contributed by atoms with E-state index in [0.29, 0.717) is 5.02 Å². The van der Waals surface area contributed by atoms with E-state index >= 15 is 0 Å². The third-order valence-electron chi connectivity index (χ3n) is 1.69. The van der Waals surface area contributed by atoms with Crippen molar-refractivity contribution in [2.24, 2.45) is 0 Å². The van der Waals surface area contributed by atoms with Gasteiger partial charge in [0.2, 0.25) is 0 Å². The summed E-state index contributed by atoms with van der Waals surface area (Å²) >= 11 is 11.4. The number of carbonyl (C=O) groups excluding carboxylic acids is 2. The summed E-state index contributed by atoms with van der Waals surface area (Å²) in [6, 6.07) is 1.43. The highest BCUT2D eigenvalue weighted by Crippen LogP contribution is 2.22. The topological polar surface area (TPSA) is 77.5 Å². The number of methoxy groups -OCH3 is 1. The minimum absolute atomic E-state index is 0.147. The molecule has 18 heavy (non-hydrogen) atoms. The summed E-state index contributed by atoms with van der Waals surface area (Å²) in [7, 11) is 1.35. The van der Waals surface area contributed by atoms with E-state index in [2.05, 4.69) is 19.8 Å². The van der Waals surface area contributed by atoms with Crippen LogP contribution in [0.25, 0.3) is 0 Å². The molecular weight excluding hydrogens is 283 g/mol. The normalized spacial score (nSPS) is 9.94. The van der Waals surface area contributed by atoms with Crippen molar-refractivity contribution in [3.63, 3.8) is 0 Å². The third kappa shape index (κ3) is 4.87. The van der Waals surface area contributed by atoms with Crippen LogP contribution in [0.4, 0.5) is 5.82 Å². The zero-order chi connectivity index (χ0) is 13.5. The number of esters is 1. The van der Waals surface area contributed by atoms with Gasteiger partial charge in [-0.2, -0.15) is 0 Å². The van der Waals surface area contributed by atoms with Crippen LogP contribution in [0.3, 0.4) is 0 Å². The number of pyridine rings is 1. The van der Waals surface area contributed by atoms with Crippen molar-refractivity contribution in [3.05, 3.63) is 22.3 Å². The Kier molecular flexibility index (Phi) is 5.84. The molecule has 0 fully saturated rings. The Labute approximate surface area is 113 Å². The Morgan fingerprint density at radius 2 is 2.11 bits per heavy atom. The summed E-state index contributed by atoms with van der Waals surface area (Å²) in [5.74, 6) is -1.05. The predicted octanol–water partition coefficient (Wildman–Crippen LogP) is 1.52. The number of ether oxygens (including phenoxy) is 2. The Morgan fingerprint density at radius 3 is 2.72 bits per heavy atom. The van der Waals surface area contributed by atoms with E-state index < -0.39 is 18.5 Å². The van der Waals surface area contributed by atoms with E-state index in [1.165, 1.54) is 19.4 Å². The van der Waals surface area contributed by atoms with Gasteiger partial charge in [-0.05, 0) is 6.07 Å². The number of amides is 1. The molecule has 1 rings (SSSR count). The van der Waals surface area contributed by atoms with Gasteiger partial charge in [0.05, 0.1) is 10.0 Å². The van der Waals surface area contributed by atoms with Crippen LogP contribution in [-0.4, -0.2) is 37.2 Å². The van der Waals surface area contributed by atoms with Crippen LogP contribution in [0.1, 0.15) is 0 Å². The number of rotatable bonds is 5. The summed E-state index contributed by atoms with van der Waals surface area (Å²) < 4.78 is 9.14. The molecule has 0 aliphatic heterocycles. The molecule has 6 nitrogen and oxygen atoms in total. The minimum atomic E-state index is -0.636. The fraction of sp³-hybridized carbons (Fsp3) is 0.300. The second kappa shape index (κ2) is 7.15. The molecule has 0 bridgehead atoms. The van der Waals surface area contributed by atoms with Gasteiger partial charge in [-0.3, -0.25) is 4.79 Å². The summed E-state index contributed by atoms with van der Waals surface area (Å²) in [6.07, 6.45) is 1.33. The number of nitrogens with one attached hydrogen (secondary N) is 1. The fourth-order valence-electron chi connectivity index (χ4n) is 0.980. The molecule has 0 aliphatic carbocycles. The van der Waals surface area contributed by atoms with Gasteiger partial charge in [-0.25, -0.2) is 9.78 Å². The minimum Gasteiger partial charge on any atom is -0.454 e. The molecule has 1 aromatic heterocycles. The average Bonchev–Trinajstić information content (AvgIpc) is 2.31. The van der Waals surface area contributed by atoms with Gasteiger partial charge < -0.3 is 14.8 Å². The second-order valence-corrected chi connectivity index (χ2v) is 3.97. The number of hydrogen-bond donors (Lipinski definition) is 1. The Hall–Kier alpha value is -1.37. The maximum absolute atomic E-state index is 11.4. The van der Waals surface area contributed by atoms with Crippen molar-refractivity contribution < 1.29 is 19.1 Å². The van der Waals surface area contributed by atoms with E-state index in [9.17, 15) is 9.59 Å². The lowest BCUT2D eigenvalue weighted by Crippen LogP contribution is -2.23. The molecule has 8 heteroatoms. The molecule has 1 aromatic rings. The highest BCUT2D eigenvalue weighted by Gasteiger charge is 2.10. The van der Waals surface area contributed by atoms with Crippen LogP contribution in [0.2, 0.25) is 10.0 Å². The molecule has 0 aliphatic rings. The van der Waals surface area contributed by atoms with Crippen LogP contribution in [0, 0.1) is 0 Å². The lowest BCUT2D eigenvalue weighted by molar-refractivity contribution is -0.150. The lowest BCUT2D eigenvalue weighted by Gasteiger charge is -2.07. The predicted molar refractivity (Wildman–Crippen MR) is 65.7 cm³/mol. The van der Waals surface area contributed by atoms with Crippen LogP contribution >= 0.6 is 23.2 Å². The first-order chi connectivity index (χ1) is 8.52. The quantitative estimate of drug-likeness (QED) is 0.833. The first-order valence-electron chi connectivity index (χ1n) is 4.78. The molecule has 1 heterocycles. The number of aromatic nitrogens is 1. The highest BCUT2D eigenvalue weighted by molar-refractivity contribution is 6.36. The van der Waals surface area contributed by atoms with E-state index in [-0.39, 0.29) is 17.4 Å². The Morgan fingerprint density at radius 1 is 1.39 bits per heavy atom. The van der Waals surface area contributed by atoms with Crippen LogP contribution in [0.15, 0.2) is 12.3 Å². The van der Waals surface area contributed by atoms with Crippen molar-refractivity contribution in [2.45, 2.75) is 0 Å². The van der Waals surface area contributed by atoms with Gasteiger partial charge in [0.1, 0.15) is 6.61 Å². The first-order valence-corrected chi connectivity index (χ1v) is 5.54. The number of nitrogens with zero attached hydrogens (tertiary/aromatic N) is 1. The Bertz CT molecular complexity index is 454. The fourth-order valence-corrected chi connectivity index (χ4v) is 1.41. The molecule has 98 valence electrons. The maximum atomic E-state index is 11.4. The van der Waals surface area contributed by atoms with Crippen molar-refractivity contribution in [1.82, 2.24) is 4.98 Å². The van der Waals surface area contributed by atoms with Crippen molar-refractivity contribution in [3.8, 4) is 0 Å². The molecule has 0 radical (unpaired) electrons. The van der Waals surface area contributed by atoms with E-state index in [4.69, 9.17) is 23.2 Å². The monoisotopic (exact) mass is 292 g/mol. The third-order valence-corrected chi connectivity index (χ3v) is 2.19. The van der Waals surface area contributed by atoms with Crippen molar-refractivity contribution >= 4 is 40.9 Å². The van der Waals surface area contributed by atoms with E-state index in [1.54, 1.807) is 0 Å². The van der Waals surface area contributed by atoms with Crippen molar-refractivity contribution in [1.29, 1.82) is 0 Å². The molecule has 1 amide bonds. The zero-order valence-electron chi connectivity index (χ0n) is 9.41. The largest absolute Gasteiger partial charge is 0.454 e. The molecule has 0 spiro atoms. The number of carbonyl (C=O) groups is 2. The number of anilines is 1. The summed E-state index contributed by atoms with van der Waals surface area (Å²) in [6.45, 7) is -0.657. The molecule has 0 saturated heterocycles.